The smallest absolute Gasteiger partial charge is 0.312 e. The number of likely N-dealkylation sites (tertiary alicyclic amines) is 1. The van der Waals surface area contributed by atoms with Gasteiger partial charge in [0.1, 0.15) is 17.6 Å². The van der Waals surface area contributed by atoms with E-state index in [1.807, 2.05) is 52.8 Å². The van der Waals surface area contributed by atoms with Crippen LogP contribution in [0, 0.1) is 31.6 Å². The monoisotopic (exact) mass is 580 g/mol. The lowest BCUT2D eigenvalue weighted by Crippen LogP contribution is -2.60. The van der Waals surface area contributed by atoms with Crippen molar-refractivity contribution in [3.05, 3.63) is 54.6 Å². The molecule has 230 valence electrons. The first-order valence-corrected chi connectivity index (χ1v) is 15.5. The number of rotatable bonds is 14. The van der Waals surface area contributed by atoms with Gasteiger partial charge in [0.25, 0.3) is 5.91 Å². The molecule has 42 heavy (non-hydrogen) atoms. The van der Waals surface area contributed by atoms with Crippen LogP contribution in [0.5, 0.6) is 0 Å². The Morgan fingerprint density at radius 3 is 2.60 bits per heavy atom. The van der Waals surface area contributed by atoms with E-state index in [1.165, 1.54) is 0 Å². The van der Waals surface area contributed by atoms with E-state index in [1.54, 1.807) is 22.0 Å². The predicted octanol–water partition coefficient (Wildman–Crippen LogP) is 4.89. The molecule has 4 rings (SSSR count). The molecule has 3 saturated heterocycles. The number of amides is 2. The van der Waals surface area contributed by atoms with E-state index in [9.17, 15) is 19.5 Å². The third-order valence-electron chi connectivity index (χ3n) is 9.98. The van der Waals surface area contributed by atoms with E-state index in [4.69, 9.17) is 9.47 Å². The molecule has 1 spiro atoms. The lowest BCUT2D eigenvalue weighted by molar-refractivity contribution is -0.162. The highest BCUT2D eigenvalue weighted by Gasteiger charge is 2.79. The van der Waals surface area contributed by atoms with E-state index in [2.05, 4.69) is 13.2 Å². The van der Waals surface area contributed by atoms with Crippen molar-refractivity contribution in [3.8, 4) is 0 Å². The molecule has 0 aromatic heterocycles. The summed E-state index contributed by atoms with van der Waals surface area (Å²) in [5, 5.41) is 10.6. The van der Waals surface area contributed by atoms with Crippen molar-refractivity contribution < 1.29 is 29.0 Å². The zero-order chi connectivity index (χ0) is 30.8. The van der Waals surface area contributed by atoms with Crippen LogP contribution in [0.3, 0.4) is 0 Å². The Labute approximate surface area is 250 Å². The molecular weight excluding hydrogens is 532 g/mol. The number of esters is 1. The Hall–Kier alpha value is -2.97. The molecule has 3 fully saturated rings. The van der Waals surface area contributed by atoms with Gasteiger partial charge in [-0.15, -0.1) is 13.2 Å². The van der Waals surface area contributed by atoms with Crippen LogP contribution in [-0.4, -0.2) is 70.8 Å². The Morgan fingerprint density at radius 2 is 1.98 bits per heavy atom. The molecule has 1 aromatic carbocycles. The predicted molar refractivity (Wildman–Crippen MR) is 163 cm³/mol. The number of ether oxygens (including phenoxy) is 2. The number of carbonyl (C=O) groups is 3. The number of hydrogen-bond acceptors (Lipinski definition) is 6. The fraction of sp³-hybridized carbons (Fsp3) is 0.618. The summed E-state index contributed by atoms with van der Waals surface area (Å²) >= 11 is 0. The first-order chi connectivity index (χ1) is 20.1. The van der Waals surface area contributed by atoms with Crippen LogP contribution in [0.15, 0.2) is 43.5 Å². The van der Waals surface area contributed by atoms with Gasteiger partial charge in [-0.25, -0.2) is 0 Å². The number of unbranched alkanes of at least 4 members (excludes halogenated alkanes) is 1. The highest BCUT2D eigenvalue weighted by Crippen LogP contribution is 2.65. The summed E-state index contributed by atoms with van der Waals surface area (Å²) in [6.07, 6.45) is 7.07. The molecule has 3 heterocycles. The van der Waals surface area contributed by atoms with Crippen LogP contribution in [-0.2, 0) is 23.9 Å². The van der Waals surface area contributed by atoms with Crippen molar-refractivity contribution in [2.45, 2.75) is 96.4 Å². The van der Waals surface area contributed by atoms with E-state index >= 15 is 0 Å². The maximum atomic E-state index is 14.9. The van der Waals surface area contributed by atoms with Gasteiger partial charge in [-0.2, -0.15) is 0 Å². The fourth-order valence-electron chi connectivity index (χ4n) is 7.55. The molecule has 3 aliphatic heterocycles. The van der Waals surface area contributed by atoms with Crippen molar-refractivity contribution in [1.82, 2.24) is 4.90 Å². The van der Waals surface area contributed by atoms with E-state index in [-0.39, 0.29) is 37.5 Å². The van der Waals surface area contributed by atoms with Crippen molar-refractivity contribution in [3.63, 3.8) is 0 Å². The highest BCUT2D eigenvalue weighted by molar-refractivity contribution is 6.05. The second-order valence-electron chi connectivity index (χ2n) is 12.3. The van der Waals surface area contributed by atoms with Crippen LogP contribution in [0.1, 0.15) is 70.4 Å². The molecule has 2 bridgehead atoms. The maximum Gasteiger partial charge on any atom is 0.312 e. The normalized spacial score (nSPS) is 29.2. The molecule has 0 radical (unpaired) electrons. The molecule has 0 aliphatic carbocycles. The molecule has 3 aliphatic rings. The number of aryl methyl sites for hydroxylation is 2. The molecule has 8 nitrogen and oxygen atoms in total. The van der Waals surface area contributed by atoms with Crippen LogP contribution >= 0.6 is 0 Å². The molecule has 8 heteroatoms. The van der Waals surface area contributed by atoms with Gasteiger partial charge in [-0.1, -0.05) is 51.5 Å². The van der Waals surface area contributed by atoms with Crippen LogP contribution in [0.25, 0.3) is 0 Å². The minimum Gasteiger partial charge on any atom is -0.465 e. The van der Waals surface area contributed by atoms with Crippen LogP contribution in [0.4, 0.5) is 5.69 Å². The van der Waals surface area contributed by atoms with Gasteiger partial charge in [0.2, 0.25) is 5.91 Å². The summed E-state index contributed by atoms with van der Waals surface area (Å²) in [6, 6.07) is 4.33. The summed E-state index contributed by atoms with van der Waals surface area (Å²) in [6.45, 7) is 17.7. The average Bonchev–Trinajstić information content (AvgIpc) is 3.59. The van der Waals surface area contributed by atoms with Crippen molar-refractivity contribution >= 4 is 23.5 Å². The van der Waals surface area contributed by atoms with Crippen molar-refractivity contribution in [2.24, 2.45) is 17.8 Å². The number of fused-ring (bicyclic) bond motifs is 1. The zero-order valence-corrected chi connectivity index (χ0v) is 25.9. The number of carbonyl (C=O) groups excluding carboxylic acids is 3. The van der Waals surface area contributed by atoms with Gasteiger partial charge < -0.3 is 24.4 Å². The summed E-state index contributed by atoms with van der Waals surface area (Å²) in [5.74, 6) is -2.81. The minimum absolute atomic E-state index is 0.0836. The van der Waals surface area contributed by atoms with Gasteiger partial charge in [-0.05, 0) is 69.1 Å². The topological polar surface area (TPSA) is 96.4 Å². The quantitative estimate of drug-likeness (QED) is 0.191. The van der Waals surface area contributed by atoms with E-state index in [0.717, 1.165) is 16.8 Å². The van der Waals surface area contributed by atoms with Gasteiger partial charge >= 0.3 is 5.97 Å². The molecule has 7 atom stereocenters. The summed E-state index contributed by atoms with van der Waals surface area (Å²) in [7, 11) is 0. The molecule has 2 unspecified atom stereocenters. The van der Waals surface area contributed by atoms with Gasteiger partial charge in [-0.3, -0.25) is 14.4 Å². The van der Waals surface area contributed by atoms with E-state index < -0.39 is 41.1 Å². The van der Waals surface area contributed by atoms with Gasteiger partial charge in [0, 0.05) is 12.2 Å². The van der Waals surface area contributed by atoms with Gasteiger partial charge in [0.15, 0.2) is 0 Å². The summed E-state index contributed by atoms with van der Waals surface area (Å²) < 4.78 is 12.6. The number of aliphatic hydroxyl groups excluding tert-OH is 1. The largest absolute Gasteiger partial charge is 0.465 e. The maximum absolute atomic E-state index is 14.9. The number of anilines is 1. The lowest BCUT2D eigenvalue weighted by atomic mass is 9.65. The SMILES string of the molecule is C=CCCCOC(=O)[C@H]1[C@H]2C(=O)N([C@@H](CO)[C@@H](C)CC)C(C(=O)N(CC=C)c3cc(C)ccc3C)C23CC[C@]1(CC)O3. The number of nitrogens with zero attached hydrogens (tertiary/aromatic N) is 2. The highest BCUT2D eigenvalue weighted by atomic mass is 16.6. The Morgan fingerprint density at radius 1 is 1.24 bits per heavy atom. The van der Waals surface area contributed by atoms with Crippen molar-refractivity contribution in [2.75, 3.05) is 24.7 Å². The lowest BCUT2D eigenvalue weighted by Gasteiger charge is -2.41. The summed E-state index contributed by atoms with van der Waals surface area (Å²) in [5.41, 5.74) is 0.584. The van der Waals surface area contributed by atoms with Gasteiger partial charge in [0.05, 0.1) is 30.8 Å². The Kier molecular flexibility index (Phi) is 9.68. The van der Waals surface area contributed by atoms with Crippen LogP contribution in [0.2, 0.25) is 0 Å². The fourth-order valence-corrected chi connectivity index (χ4v) is 7.55. The molecule has 1 aromatic rings. The average molecular weight is 581 g/mol. The molecule has 0 saturated carbocycles. The Bertz CT molecular complexity index is 1210. The number of benzene rings is 1. The summed E-state index contributed by atoms with van der Waals surface area (Å²) in [4.78, 5) is 46.5. The number of allylic oxidation sites excluding steroid dienone is 1. The second-order valence-corrected chi connectivity index (χ2v) is 12.3. The molecule has 2 amide bonds. The third kappa shape index (κ3) is 5.11. The van der Waals surface area contributed by atoms with Crippen LogP contribution < -0.4 is 4.90 Å². The first-order valence-electron chi connectivity index (χ1n) is 15.5. The number of hydrogen-bond donors (Lipinski definition) is 1. The third-order valence-corrected chi connectivity index (χ3v) is 9.98. The second kappa shape index (κ2) is 12.7. The first kappa shape index (κ1) is 32.0. The minimum atomic E-state index is -1.20. The molecule has 1 N–H and O–H groups in total. The standard InChI is InChI=1S/C34H48N2O6/c1-8-12-13-19-41-32(40)28-27-30(38)36(26(21-37)23(6)10-3)29(34(27)17-16-33(28,11-4)42-34)31(39)35(18-9-2)25-20-22(5)14-15-24(25)7/h8-9,14-15,20,23,26-29,37H,1-2,10-13,16-19,21H2,3-7H3/t23-,26-,27-,28+,29?,33-,34?/m0/s1. The Balaban J connectivity index is 1.85. The zero-order valence-electron chi connectivity index (χ0n) is 25.9. The van der Waals surface area contributed by atoms with E-state index in [0.29, 0.717) is 38.5 Å². The van der Waals surface area contributed by atoms with Crippen molar-refractivity contribution in [1.29, 1.82) is 0 Å². The molecular formula is C34H48N2O6. The number of aliphatic hydroxyl groups is 1.